The second-order valence-corrected chi connectivity index (χ2v) is 5.00. The zero-order valence-electron chi connectivity index (χ0n) is 11.4. The number of hydrogen-bond acceptors (Lipinski definition) is 3. The molecule has 102 valence electrons. The van der Waals surface area contributed by atoms with Gasteiger partial charge in [0.1, 0.15) is 0 Å². The summed E-state index contributed by atoms with van der Waals surface area (Å²) in [7, 11) is 0. The van der Waals surface area contributed by atoms with E-state index >= 15 is 0 Å². The van der Waals surface area contributed by atoms with E-state index in [-0.39, 0.29) is 11.4 Å². The monoisotopic (exact) mass is 276 g/mol. The largest absolute Gasteiger partial charge is 0.289 e. The van der Waals surface area contributed by atoms with Crippen molar-refractivity contribution in [2.24, 2.45) is 0 Å². The van der Waals surface area contributed by atoms with Gasteiger partial charge in [0.2, 0.25) is 0 Å². The van der Waals surface area contributed by atoms with Crippen molar-refractivity contribution in [2.75, 3.05) is 0 Å². The Morgan fingerprint density at radius 1 is 0.905 bits per heavy atom. The molecule has 0 amide bonds. The minimum absolute atomic E-state index is 0.0655. The van der Waals surface area contributed by atoms with E-state index in [4.69, 9.17) is 0 Å². The lowest BCUT2D eigenvalue weighted by Gasteiger charge is -2.14. The molecular weight excluding hydrogens is 264 g/mol. The normalized spacial score (nSPS) is 13.7. The Morgan fingerprint density at radius 3 is 2.33 bits per heavy atom. The maximum absolute atomic E-state index is 12.5. The molecule has 1 aliphatic rings. The standard InChI is InChI=1S/C18H12O3/c1-11-5-4-6-12(9-11)17(20)15-10-16(19)13-7-2-3-8-14(13)18(15)21/h2-10H,1H3. The van der Waals surface area contributed by atoms with Crippen LogP contribution in [0.4, 0.5) is 0 Å². The van der Waals surface area contributed by atoms with Gasteiger partial charge in [-0.1, -0.05) is 48.0 Å². The average molecular weight is 276 g/mol. The first-order valence-electron chi connectivity index (χ1n) is 6.59. The molecule has 0 aliphatic heterocycles. The van der Waals surface area contributed by atoms with Crippen molar-refractivity contribution in [3.05, 3.63) is 82.4 Å². The Balaban J connectivity index is 2.07. The van der Waals surface area contributed by atoms with Gasteiger partial charge in [-0.2, -0.15) is 0 Å². The quantitative estimate of drug-likeness (QED) is 0.625. The fourth-order valence-corrected chi connectivity index (χ4v) is 2.43. The molecule has 1 aliphatic carbocycles. The third-order valence-electron chi connectivity index (χ3n) is 3.48. The van der Waals surface area contributed by atoms with E-state index in [9.17, 15) is 14.4 Å². The van der Waals surface area contributed by atoms with E-state index in [0.29, 0.717) is 16.7 Å². The first kappa shape index (κ1) is 13.2. The first-order valence-corrected chi connectivity index (χ1v) is 6.59. The van der Waals surface area contributed by atoms with Crippen LogP contribution in [0.1, 0.15) is 36.6 Å². The van der Waals surface area contributed by atoms with Crippen LogP contribution in [0.25, 0.3) is 0 Å². The summed E-state index contributed by atoms with van der Waals surface area (Å²) in [6.45, 7) is 1.87. The van der Waals surface area contributed by atoms with Gasteiger partial charge in [-0.3, -0.25) is 14.4 Å². The third-order valence-corrected chi connectivity index (χ3v) is 3.48. The molecule has 0 bridgehead atoms. The van der Waals surface area contributed by atoms with Crippen LogP contribution in [0.2, 0.25) is 0 Å². The van der Waals surface area contributed by atoms with Gasteiger partial charge in [0.05, 0.1) is 5.57 Å². The number of fused-ring (bicyclic) bond motifs is 1. The van der Waals surface area contributed by atoms with E-state index < -0.39 is 11.6 Å². The molecule has 3 nitrogen and oxygen atoms in total. The summed E-state index contributed by atoms with van der Waals surface area (Å²) >= 11 is 0. The maximum Gasteiger partial charge on any atom is 0.197 e. The van der Waals surface area contributed by atoms with Crippen molar-refractivity contribution in [2.45, 2.75) is 6.92 Å². The topological polar surface area (TPSA) is 51.2 Å². The molecule has 2 aromatic carbocycles. The Labute approximate surface area is 121 Å². The molecule has 0 fully saturated rings. The van der Waals surface area contributed by atoms with Crippen LogP contribution in [0.3, 0.4) is 0 Å². The van der Waals surface area contributed by atoms with Gasteiger partial charge in [0.25, 0.3) is 0 Å². The van der Waals surface area contributed by atoms with Crippen LogP contribution >= 0.6 is 0 Å². The number of allylic oxidation sites excluding steroid dienone is 2. The van der Waals surface area contributed by atoms with Crippen molar-refractivity contribution in [3.63, 3.8) is 0 Å². The molecule has 0 saturated carbocycles. The van der Waals surface area contributed by atoms with E-state index in [1.54, 1.807) is 42.5 Å². The van der Waals surface area contributed by atoms with Gasteiger partial charge < -0.3 is 0 Å². The lowest BCUT2D eigenvalue weighted by molar-refractivity contribution is 0.0934. The second-order valence-electron chi connectivity index (χ2n) is 5.00. The summed E-state index contributed by atoms with van der Waals surface area (Å²) in [5, 5.41) is 0. The number of Topliss-reactive ketones (excluding diaryl/α,β-unsaturated/α-hetero) is 2. The lowest BCUT2D eigenvalue weighted by atomic mass is 9.86. The van der Waals surface area contributed by atoms with Crippen molar-refractivity contribution in [3.8, 4) is 0 Å². The summed E-state index contributed by atoms with van der Waals surface area (Å²) in [5.41, 5.74) is 1.92. The Morgan fingerprint density at radius 2 is 1.62 bits per heavy atom. The number of rotatable bonds is 2. The smallest absolute Gasteiger partial charge is 0.197 e. The predicted octanol–water partition coefficient (Wildman–Crippen LogP) is 3.18. The number of carbonyl (C=O) groups excluding carboxylic acids is 3. The van der Waals surface area contributed by atoms with Crippen LogP contribution in [-0.4, -0.2) is 17.3 Å². The molecule has 0 aromatic heterocycles. The van der Waals surface area contributed by atoms with Gasteiger partial charge in [0, 0.05) is 22.8 Å². The highest BCUT2D eigenvalue weighted by Crippen LogP contribution is 2.23. The third kappa shape index (κ3) is 2.23. The maximum atomic E-state index is 12.5. The van der Waals surface area contributed by atoms with E-state index in [0.717, 1.165) is 11.6 Å². The van der Waals surface area contributed by atoms with Gasteiger partial charge in [-0.25, -0.2) is 0 Å². The molecule has 2 aromatic rings. The molecule has 0 unspecified atom stereocenters. The van der Waals surface area contributed by atoms with Crippen LogP contribution in [0.15, 0.2) is 60.2 Å². The summed E-state index contributed by atoms with van der Waals surface area (Å²) in [6.07, 6.45) is 1.15. The van der Waals surface area contributed by atoms with Crippen molar-refractivity contribution in [1.82, 2.24) is 0 Å². The highest BCUT2D eigenvalue weighted by molar-refractivity contribution is 6.37. The van der Waals surface area contributed by atoms with E-state index in [2.05, 4.69) is 0 Å². The summed E-state index contributed by atoms with van der Waals surface area (Å²) < 4.78 is 0. The first-order chi connectivity index (χ1) is 10.1. The van der Waals surface area contributed by atoms with E-state index in [1.165, 1.54) is 0 Å². The number of hydrogen-bond donors (Lipinski definition) is 0. The number of benzene rings is 2. The fourth-order valence-electron chi connectivity index (χ4n) is 2.43. The molecule has 3 rings (SSSR count). The highest BCUT2D eigenvalue weighted by Gasteiger charge is 2.29. The van der Waals surface area contributed by atoms with Crippen molar-refractivity contribution in [1.29, 1.82) is 0 Å². The van der Waals surface area contributed by atoms with Crippen LogP contribution in [0.5, 0.6) is 0 Å². The zero-order chi connectivity index (χ0) is 15.0. The molecular formula is C18H12O3. The Hall–Kier alpha value is -2.81. The molecule has 3 heteroatoms. The molecule has 0 radical (unpaired) electrons. The lowest BCUT2D eigenvalue weighted by Crippen LogP contribution is -2.22. The van der Waals surface area contributed by atoms with Gasteiger partial charge >= 0.3 is 0 Å². The van der Waals surface area contributed by atoms with Gasteiger partial charge in [-0.15, -0.1) is 0 Å². The molecule has 0 heterocycles. The van der Waals surface area contributed by atoms with Gasteiger partial charge in [-0.05, 0) is 13.0 Å². The summed E-state index contributed by atoms with van der Waals surface area (Å²) in [4.78, 5) is 37.0. The predicted molar refractivity (Wildman–Crippen MR) is 78.7 cm³/mol. The molecule has 0 spiro atoms. The number of carbonyl (C=O) groups is 3. The van der Waals surface area contributed by atoms with Crippen LogP contribution in [0, 0.1) is 6.92 Å². The minimum Gasteiger partial charge on any atom is -0.289 e. The fraction of sp³-hybridized carbons (Fsp3) is 0.0556. The van der Waals surface area contributed by atoms with E-state index in [1.807, 2.05) is 13.0 Å². The molecule has 0 atom stereocenters. The average Bonchev–Trinajstić information content (AvgIpc) is 2.50. The van der Waals surface area contributed by atoms with Crippen molar-refractivity contribution < 1.29 is 14.4 Å². The molecule has 0 N–H and O–H groups in total. The second kappa shape index (κ2) is 4.94. The Bertz CT molecular complexity index is 813. The van der Waals surface area contributed by atoms with Crippen LogP contribution in [-0.2, 0) is 0 Å². The summed E-state index contributed by atoms with van der Waals surface area (Å²) in [5.74, 6) is -1.11. The van der Waals surface area contributed by atoms with Crippen LogP contribution < -0.4 is 0 Å². The minimum atomic E-state index is -0.411. The zero-order valence-corrected chi connectivity index (χ0v) is 11.4. The Kier molecular flexibility index (Phi) is 3.10. The highest BCUT2D eigenvalue weighted by atomic mass is 16.2. The van der Waals surface area contributed by atoms with Gasteiger partial charge in [0.15, 0.2) is 17.3 Å². The molecule has 0 saturated heterocycles. The number of aryl methyl sites for hydroxylation is 1. The van der Waals surface area contributed by atoms with Crippen molar-refractivity contribution >= 4 is 17.3 Å². The number of ketones is 3. The summed E-state index contributed by atoms with van der Waals surface area (Å²) in [6, 6.07) is 13.5. The molecule has 21 heavy (non-hydrogen) atoms. The SMILES string of the molecule is Cc1cccc(C(=O)C2=CC(=O)c3ccccc3C2=O)c1.